The molecule has 1 saturated carbocycles. The first kappa shape index (κ1) is 12.1. The molecule has 0 radical (unpaired) electrons. The number of hydrogen-bond acceptors (Lipinski definition) is 4. The van der Waals surface area contributed by atoms with E-state index in [1.165, 1.54) is 12.1 Å². The van der Waals surface area contributed by atoms with Gasteiger partial charge in [-0.2, -0.15) is 13.7 Å². The van der Waals surface area contributed by atoms with Crippen molar-refractivity contribution in [2.75, 3.05) is 6.61 Å². The lowest BCUT2D eigenvalue weighted by Gasteiger charge is -2.04. The summed E-state index contributed by atoms with van der Waals surface area (Å²) in [6.45, 7) is 1.99. The lowest BCUT2D eigenvalue weighted by molar-refractivity contribution is 0.298. The van der Waals surface area contributed by atoms with Gasteiger partial charge in [0.25, 0.3) is 10.1 Å². The predicted molar refractivity (Wildman–Crippen MR) is 61.5 cm³/mol. The monoisotopic (exact) mass is 251 g/mol. The molecule has 0 bridgehead atoms. The van der Waals surface area contributed by atoms with Gasteiger partial charge in [-0.1, -0.05) is 17.7 Å². The van der Waals surface area contributed by atoms with E-state index in [-0.39, 0.29) is 23.3 Å². The summed E-state index contributed by atoms with van der Waals surface area (Å²) in [6, 6.07) is 8.61. The van der Waals surface area contributed by atoms with Crippen molar-refractivity contribution in [1.82, 2.24) is 0 Å². The zero-order chi connectivity index (χ0) is 12.5. The molecular weight excluding hydrogens is 238 g/mol. The van der Waals surface area contributed by atoms with E-state index in [2.05, 4.69) is 6.07 Å². The summed E-state index contributed by atoms with van der Waals surface area (Å²) in [5.41, 5.74) is 0.996. The van der Waals surface area contributed by atoms with Crippen LogP contribution >= 0.6 is 0 Å². The van der Waals surface area contributed by atoms with Gasteiger partial charge in [-0.3, -0.25) is 4.18 Å². The third-order valence-electron chi connectivity index (χ3n) is 2.84. The number of aryl methyl sites for hydroxylation is 1. The van der Waals surface area contributed by atoms with Gasteiger partial charge in [0, 0.05) is 5.92 Å². The number of benzene rings is 1. The maximum absolute atomic E-state index is 11.8. The Balaban J connectivity index is 2.00. The number of rotatable bonds is 4. The topological polar surface area (TPSA) is 67.2 Å². The van der Waals surface area contributed by atoms with Crippen LogP contribution in [0.2, 0.25) is 0 Å². The Labute approximate surface area is 101 Å². The number of hydrogen-bond donors (Lipinski definition) is 0. The Hall–Kier alpha value is -1.38. The van der Waals surface area contributed by atoms with Gasteiger partial charge in [0.15, 0.2) is 0 Å². The molecule has 2 rings (SSSR count). The van der Waals surface area contributed by atoms with E-state index in [0.717, 1.165) is 12.0 Å². The van der Waals surface area contributed by atoms with Gasteiger partial charge in [0.2, 0.25) is 0 Å². The van der Waals surface area contributed by atoms with Gasteiger partial charge < -0.3 is 0 Å². The number of nitriles is 1. The molecule has 0 spiro atoms. The Kier molecular flexibility index (Phi) is 3.18. The molecule has 0 saturated heterocycles. The average Bonchev–Trinajstić information content (AvgIpc) is 3.06. The maximum Gasteiger partial charge on any atom is 0.296 e. The van der Waals surface area contributed by atoms with Gasteiger partial charge in [-0.05, 0) is 25.5 Å². The third-order valence-corrected chi connectivity index (χ3v) is 4.13. The Morgan fingerprint density at radius 1 is 1.41 bits per heavy atom. The van der Waals surface area contributed by atoms with Crippen LogP contribution in [0.1, 0.15) is 12.0 Å². The molecule has 0 amide bonds. The highest BCUT2D eigenvalue weighted by molar-refractivity contribution is 7.86. The highest BCUT2D eigenvalue weighted by Gasteiger charge is 2.38. The van der Waals surface area contributed by atoms with Gasteiger partial charge in [-0.15, -0.1) is 0 Å². The summed E-state index contributed by atoms with van der Waals surface area (Å²) in [5.74, 6) is 0.0310. The zero-order valence-corrected chi connectivity index (χ0v) is 10.3. The summed E-state index contributed by atoms with van der Waals surface area (Å²) in [4.78, 5) is 0.164. The van der Waals surface area contributed by atoms with Crippen LogP contribution in [0.4, 0.5) is 0 Å². The lowest BCUT2D eigenvalue weighted by Crippen LogP contribution is -2.09. The van der Waals surface area contributed by atoms with Crippen LogP contribution < -0.4 is 0 Å². The second-order valence-electron chi connectivity index (χ2n) is 4.28. The predicted octanol–water partition coefficient (Wildman–Crippen LogP) is 1.86. The van der Waals surface area contributed by atoms with Crippen LogP contribution in [-0.4, -0.2) is 15.0 Å². The van der Waals surface area contributed by atoms with Crippen LogP contribution in [-0.2, 0) is 14.3 Å². The molecule has 0 aliphatic heterocycles. The van der Waals surface area contributed by atoms with Crippen LogP contribution in [0.25, 0.3) is 0 Å². The minimum Gasteiger partial charge on any atom is -0.266 e. The largest absolute Gasteiger partial charge is 0.296 e. The molecule has 2 atom stereocenters. The third kappa shape index (κ3) is 2.84. The minimum atomic E-state index is -3.67. The van der Waals surface area contributed by atoms with E-state index in [1.807, 2.05) is 6.92 Å². The SMILES string of the molecule is Cc1ccc(S(=O)(=O)OC[C@@H]2C[C@@H]2C#N)cc1. The first-order valence-corrected chi connectivity index (χ1v) is 6.79. The molecule has 0 aromatic heterocycles. The van der Waals surface area contributed by atoms with E-state index >= 15 is 0 Å². The lowest BCUT2D eigenvalue weighted by atomic mass is 10.2. The summed E-state index contributed by atoms with van der Waals surface area (Å²) < 4.78 is 28.5. The molecule has 1 aromatic carbocycles. The normalized spacial score (nSPS) is 23.1. The minimum absolute atomic E-state index is 0.0387. The van der Waals surface area contributed by atoms with Crippen molar-refractivity contribution in [2.45, 2.75) is 18.2 Å². The summed E-state index contributed by atoms with van der Waals surface area (Å²) in [6.07, 6.45) is 0.736. The van der Waals surface area contributed by atoms with Crippen molar-refractivity contribution in [3.63, 3.8) is 0 Å². The highest BCUT2D eigenvalue weighted by atomic mass is 32.2. The fraction of sp³-hybridized carbons (Fsp3) is 0.417. The molecule has 0 heterocycles. The van der Waals surface area contributed by atoms with Crippen molar-refractivity contribution in [3.8, 4) is 6.07 Å². The summed E-state index contributed by atoms with van der Waals surface area (Å²) in [7, 11) is -3.67. The van der Waals surface area contributed by atoms with E-state index in [9.17, 15) is 8.42 Å². The molecule has 17 heavy (non-hydrogen) atoms. The molecule has 1 aliphatic carbocycles. The van der Waals surface area contributed by atoms with Crippen LogP contribution in [0, 0.1) is 30.1 Å². The Morgan fingerprint density at radius 3 is 2.59 bits per heavy atom. The van der Waals surface area contributed by atoms with Gasteiger partial charge in [-0.25, -0.2) is 0 Å². The fourth-order valence-corrected chi connectivity index (χ4v) is 2.50. The first-order valence-electron chi connectivity index (χ1n) is 5.38. The van der Waals surface area contributed by atoms with Crippen LogP contribution in [0.3, 0.4) is 0 Å². The molecule has 1 aromatic rings. The van der Waals surface area contributed by atoms with Crippen molar-refractivity contribution in [3.05, 3.63) is 29.8 Å². The van der Waals surface area contributed by atoms with E-state index in [0.29, 0.717) is 0 Å². The summed E-state index contributed by atoms with van der Waals surface area (Å²) in [5, 5.41) is 8.60. The van der Waals surface area contributed by atoms with Gasteiger partial charge >= 0.3 is 0 Å². The molecule has 1 fully saturated rings. The Morgan fingerprint density at radius 2 is 2.06 bits per heavy atom. The van der Waals surface area contributed by atoms with Crippen molar-refractivity contribution in [1.29, 1.82) is 5.26 Å². The van der Waals surface area contributed by atoms with E-state index < -0.39 is 10.1 Å². The summed E-state index contributed by atoms with van der Waals surface area (Å²) >= 11 is 0. The second-order valence-corrected chi connectivity index (χ2v) is 5.90. The molecule has 1 aliphatic rings. The van der Waals surface area contributed by atoms with Crippen molar-refractivity contribution >= 4 is 10.1 Å². The number of nitrogens with zero attached hydrogens (tertiary/aromatic N) is 1. The Bertz CT molecular complexity index is 542. The maximum atomic E-state index is 11.8. The molecule has 0 unspecified atom stereocenters. The smallest absolute Gasteiger partial charge is 0.266 e. The fourth-order valence-electron chi connectivity index (χ4n) is 1.54. The first-order chi connectivity index (χ1) is 8.03. The van der Waals surface area contributed by atoms with Crippen LogP contribution in [0.15, 0.2) is 29.2 Å². The quantitative estimate of drug-likeness (QED) is 0.766. The van der Waals surface area contributed by atoms with E-state index in [4.69, 9.17) is 9.44 Å². The average molecular weight is 251 g/mol. The second kappa shape index (κ2) is 4.47. The van der Waals surface area contributed by atoms with Crippen LogP contribution in [0.5, 0.6) is 0 Å². The van der Waals surface area contributed by atoms with E-state index in [1.54, 1.807) is 12.1 Å². The standard InChI is InChI=1S/C12H13NO3S/c1-9-2-4-12(5-3-9)17(14,15)16-8-11-6-10(11)7-13/h2-5,10-11H,6,8H2,1H3/t10-,11+/m1/s1. The van der Waals surface area contributed by atoms with Gasteiger partial charge in [0.1, 0.15) is 0 Å². The molecule has 90 valence electrons. The van der Waals surface area contributed by atoms with Crippen molar-refractivity contribution < 1.29 is 12.6 Å². The molecule has 5 heteroatoms. The molecule has 4 nitrogen and oxygen atoms in total. The highest BCUT2D eigenvalue weighted by Crippen LogP contribution is 2.38. The van der Waals surface area contributed by atoms with Gasteiger partial charge in [0.05, 0.1) is 23.5 Å². The molecule has 0 N–H and O–H groups in total. The molecular formula is C12H13NO3S. The zero-order valence-electron chi connectivity index (χ0n) is 9.46. The van der Waals surface area contributed by atoms with Crippen molar-refractivity contribution in [2.24, 2.45) is 11.8 Å².